The summed E-state index contributed by atoms with van der Waals surface area (Å²) in [5.41, 5.74) is 7.66. The molecule has 0 aliphatic carbocycles. The number of nitrogens with zero attached hydrogens (tertiary/aromatic N) is 1. The predicted molar refractivity (Wildman–Crippen MR) is 69.1 cm³/mol. The standard InChI is InChI=1S/C12H11N3S/c16-12(11-8-4-5-9-13-11)15-14-10-6-2-1-3-7-10/h1-9,14H,(H,15,16). The Morgan fingerprint density at radius 3 is 2.44 bits per heavy atom. The molecule has 1 aromatic heterocycles. The van der Waals surface area contributed by atoms with Gasteiger partial charge < -0.3 is 5.43 Å². The van der Waals surface area contributed by atoms with E-state index in [1.54, 1.807) is 6.20 Å². The summed E-state index contributed by atoms with van der Waals surface area (Å²) < 4.78 is 0. The minimum absolute atomic E-state index is 0.574. The summed E-state index contributed by atoms with van der Waals surface area (Å²) in [5, 5.41) is 0. The van der Waals surface area contributed by atoms with Crippen LogP contribution in [-0.2, 0) is 0 Å². The van der Waals surface area contributed by atoms with E-state index in [0.717, 1.165) is 11.4 Å². The van der Waals surface area contributed by atoms with Gasteiger partial charge in [0.1, 0.15) is 4.99 Å². The molecule has 0 saturated carbocycles. The molecule has 0 aliphatic heterocycles. The number of thiocarbonyl (C=S) groups is 1. The Labute approximate surface area is 99.5 Å². The number of nitrogens with one attached hydrogen (secondary N) is 2. The molecular weight excluding hydrogens is 218 g/mol. The van der Waals surface area contributed by atoms with E-state index < -0.39 is 0 Å². The van der Waals surface area contributed by atoms with Crippen LogP contribution in [0.15, 0.2) is 54.7 Å². The van der Waals surface area contributed by atoms with Crippen molar-refractivity contribution in [1.82, 2.24) is 10.4 Å². The maximum atomic E-state index is 5.18. The van der Waals surface area contributed by atoms with Gasteiger partial charge in [-0.3, -0.25) is 10.4 Å². The number of anilines is 1. The molecule has 3 nitrogen and oxygen atoms in total. The van der Waals surface area contributed by atoms with Crippen molar-refractivity contribution in [3.8, 4) is 0 Å². The van der Waals surface area contributed by atoms with E-state index >= 15 is 0 Å². The van der Waals surface area contributed by atoms with Crippen molar-refractivity contribution in [1.29, 1.82) is 0 Å². The highest BCUT2D eigenvalue weighted by molar-refractivity contribution is 7.80. The van der Waals surface area contributed by atoms with Gasteiger partial charge in [0.25, 0.3) is 0 Å². The van der Waals surface area contributed by atoms with E-state index in [1.165, 1.54) is 0 Å². The molecule has 16 heavy (non-hydrogen) atoms. The number of benzene rings is 1. The van der Waals surface area contributed by atoms with Gasteiger partial charge in [-0.1, -0.05) is 36.5 Å². The lowest BCUT2D eigenvalue weighted by Crippen LogP contribution is -2.28. The first-order valence-corrected chi connectivity index (χ1v) is 5.29. The summed E-state index contributed by atoms with van der Waals surface area (Å²) in [6.07, 6.45) is 1.71. The molecule has 2 N–H and O–H groups in total. The third-order valence-electron chi connectivity index (χ3n) is 1.99. The number of hydrogen-bond donors (Lipinski definition) is 2. The Morgan fingerprint density at radius 1 is 1.00 bits per heavy atom. The number of pyridine rings is 1. The van der Waals surface area contributed by atoms with Crippen molar-refractivity contribution in [2.24, 2.45) is 0 Å². The fraction of sp³-hybridized carbons (Fsp3) is 0. The molecule has 1 aromatic carbocycles. The van der Waals surface area contributed by atoms with E-state index in [2.05, 4.69) is 15.8 Å². The maximum absolute atomic E-state index is 5.18. The van der Waals surface area contributed by atoms with Gasteiger partial charge >= 0.3 is 0 Å². The highest BCUT2D eigenvalue weighted by Gasteiger charge is 1.99. The number of hydrogen-bond acceptors (Lipinski definition) is 3. The van der Waals surface area contributed by atoms with Gasteiger partial charge in [-0.05, 0) is 24.3 Å². The van der Waals surface area contributed by atoms with Gasteiger partial charge in [0.15, 0.2) is 0 Å². The molecule has 0 saturated heterocycles. The molecular formula is C12H11N3S. The van der Waals surface area contributed by atoms with Gasteiger partial charge in [0.05, 0.1) is 11.4 Å². The normalized spacial score (nSPS) is 9.50. The van der Waals surface area contributed by atoms with E-state index in [-0.39, 0.29) is 0 Å². The number of hydrazine groups is 1. The van der Waals surface area contributed by atoms with Crippen LogP contribution in [0.1, 0.15) is 5.69 Å². The number of rotatable bonds is 3. The second-order valence-corrected chi connectivity index (χ2v) is 3.57. The van der Waals surface area contributed by atoms with Crippen LogP contribution >= 0.6 is 12.2 Å². The molecule has 0 bridgehead atoms. The highest BCUT2D eigenvalue weighted by Crippen LogP contribution is 2.03. The molecule has 0 aliphatic rings. The fourth-order valence-electron chi connectivity index (χ4n) is 1.21. The molecule has 0 amide bonds. The first kappa shape index (κ1) is 10.6. The molecule has 0 spiro atoms. The largest absolute Gasteiger partial charge is 0.300 e. The van der Waals surface area contributed by atoms with Crippen molar-refractivity contribution in [2.45, 2.75) is 0 Å². The van der Waals surface area contributed by atoms with Crippen LogP contribution < -0.4 is 10.9 Å². The maximum Gasteiger partial charge on any atom is 0.143 e. The van der Waals surface area contributed by atoms with Crippen molar-refractivity contribution < 1.29 is 0 Å². The predicted octanol–water partition coefficient (Wildman–Crippen LogP) is 2.37. The zero-order valence-electron chi connectivity index (χ0n) is 8.55. The topological polar surface area (TPSA) is 37.0 Å². The zero-order chi connectivity index (χ0) is 11.2. The second kappa shape index (κ2) is 5.23. The van der Waals surface area contributed by atoms with Gasteiger partial charge in [-0.2, -0.15) is 0 Å². The Hall–Kier alpha value is -1.94. The first-order valence-electron chi connectivity index (χ1n) is 4.89. The number of para-hydroxylation sites is 1. The minimum atomic E-state index is 0.574. The first-order chi connectivity index (χ1) is 7.86. The molecule has 80 valence electrons. The molecule has 2 aromatic rings. The third kappa shape index (κ3) is 2.77. The van der Waals surface area contributed by atoms with Gasteiger partial charge in [-0.15, -0.1) is 0 Å². The molecule has 0 radical (unpaired) electrons. The summed E-state index contributed by atoms with van der Waals surface area (Å²) in [7, 11) is 0. The summed E-state index contributed by atoms with van der Waals surface area (Å²) in [6, 6.07) is 15.4. The molecule has 0 unspecified atom stereocenters. The van der Waals surface area contributed by atoms with E-state index in [0.29, 0.717) is 4.99 Å². The summed E-state index contributed by atoms with van der Waals surface area (Å²) >= 11 is 5.18. The Morgan fingerprint density at radius 2 is 1.75 bits per heavy atom. The van der Waals surface area contributed by atoms with E-state index in [4.69, 9.17) is 12.2 Å². The van der Waals surface area contributed by atoms with Gasteiger partial charge in [0.2, 0.25) is 0 Å². The number of aromatic nitrogens is 1. The summed E-state index contributed by atoms with van der Waals surface area (Å²) in [5.74, 6) is 0. The van der Waals surface area contributed by atoms with Crippen molar-refractivity contribution >= 4 is 22.9 Å². The SMILES string of the molecule is S=C(NNc1ccccc1)c1ccccn1. The van der Waals surface area contributed by atoms with Crippen LogP contribution in [0.2, 0.25) is 0 Å². The Balaban J connectivity index is 1.95. The van der Waals surface area contributed by atoms with E-state index in [9.17, 15) is 0 Å². The van der Waals surface area contributed by atoms with Crippen LogP contribution in [0, 0.1) is 0 Å². The average molecular weight is 229 g/mol. The molecule has 2 rings (SSSR count). The van der Waals surface area contributed by atoms with Gasteiger partial charge in [-0.25, -0.2) is 0 Å². The quantitative estimate of drug-likeness (QED) is 0.626. The highest BCUT2D eigenvalue weighted by atomic mass is 32.1. The van der Waals surface area contributed by atoms with E-state index in [1.807, 2.05) is 48.5 Å². The molecule has 1 heterocycles. The van der Waals surface area contributed by atoms with Crippen LogP contribution in [0.4, 0.5) is 5.69 Å². The lowest BCUT2D eigenvalue weighted by Gasteiger charge is -2.09. The van der Waals surface area contributed by atoms with Crippen LogP contribution in [0.3, 0.4) is 0 Å². The minimum Gasteiger partial charge on any atom is -0.300 e. The molecule has 0 atom stereocenters. The lowest BCUT2D eigenvalue weighted by atomic mass is 10.3. The monoisotopic (exact) mass is 229 g/mol. The summed E-state index contributed by atoms with van der Waals surface area (Å²) in [4.78, 5) is 4.72. The Kier molecular flexibility index (Phi) is 3.46. The zero-order valence-corrected chi connectivity index (χ0v) is 9.37. The van der Waals surface area contributed by atoms with Crippen LogP contribution in [-0.4, -0.2) is 9.97 Å². The molecule has 4 heteroatoms. The lowest BCUT2D eigenvalue weighted by molar-refractivity contribution is 1.12. The average Bonchev–Trinajstić information content (AvgIpc) is 2.38. The summed E-state index contributed by atoms with van der Waals surface area (Å²) in [6.45, 7) is 0. The van der Waals surface area contributed by atoms with Crippen molar-refractivity contribution in [2.75, 3.05) is 5.43 Å². The third-order valence-corrected chi connectivity index (χ3v) is 2.30. The van der Waals surface area contributed by atoms with Gasteiger partial charge in [0, 0.05) is 6.20 Å². The van der Waals surface area contributed by atoms with Crippen LogP contribution in [0.25, 0.3) is 0 Å². The molecule has 0 fully saturated rings. The van der Waals surface area contributed by atoms with Crippen LogP contribution in [0.5, 0.6) is 0 Å². The van der Waals surface area contributed by atoms with Crippen molar-refractivity contribution in [3.05, 3.63) is 60.4 Å². The Bertz CT molecular complexity index is 456. The fourth-order valence-corrected chi connectivity index (χ4v) is 1.38. The smallest absolute Gasteiger partial charge is 0.143 e. The second-order valence-electron chi connectivity index (χ2n) is 3.16. The van der Waals surface area contributed by atoms with Crippen molar-refractivity contribution in [3.63, 3.8) is 0 Å².